The van der Waals surface area contributed by atoms with Crippen molar-refractivity contribution >= 4 is 10.8 Å². The van der Waals surface area contributed by atoms with Crippen molar-refractivity contribution in [1.82, 2.24) is 0 Å². The lowest BCUT2D eigenvalue weighted by atomic mass is 9.91. The van der Waals surface area contributed by atoms with E-state index in [0.29, 0.717) is 17.9 Å². The van der Waals surface area contributed by atoms with Gasteiger partial charge >= 0.3 is 0 Å². The third-order valence-corrected chi connectivity index (χ3v) is 5.01. The van der Waals surface area contributed by atoms with Crippen LogP contribution in [0.3, 0.4) is 0 Å². The van der Waals surface area contributed by atoms with Gasteiger partial charge in [-0.25, -0.2) is 0 Å². The van der Waals surface area contributed by atoms with Crippen LogP contribution in [-0.4, -0.2) is 22.4 Å². The molecule has 3 aromatic rings. The molecule has 0 saturated heterocycles. The minimum Gasteiger partial charge on any atom is -0.508 e. The molecular weight excluding hydrogens is 340 g/mol. The number of aliphatic hydroxyl groups excluding tert-OH is 1. The molecule has 0 radical (unpaired) electrons. The monoisotopic (exact) mass is 366 g/mol. The van der Waals surface area contributed by atoms with Crippen LogP contribution in [0, 0.1) is 5.92 Å². The van der Waals surface area contributed by atoms with Crippen molar-refractivity contribution in [3.63, 3.8) is 0 Å². The topological polar surface area (TPSA) is 69.9 Å². The van der Waals surface area contributed by atoms with Crippen LogP contribution in [0.25, 0.3) is 10.8 Å². The van der Waals surface area contributed by atoms with E-state index in [9.17, 15) is 15.3 Å². The summed E-state index contributed by atoms with van der Waals surface area (Å²) in [5.41, 5.74) is 1.80. The Morgan fingerprint density at radius 3 is 2.22 bits per heavy atom. The Bertz CT molecular complexity index is 899. The maximum absolute atomic E-state index is 10.4. The molecular formula is C23H26O4. The van der Waals surface area contributed by atoms with Crippen LogP contribution in [0.15, 0.2) is 54.6 Å². The summed E-state index contributed by atoms with van der Waals surface area (Å²) in [5.74, 6) is 1.17. The van der Waals surface area contributed by atoms with Gasteiger partial charge in [0.15, 0.2) is 0 Å². The van der Waals surface area contributed by atoms with E-state index in [0.717, 1.165) is 24.0 Å². The Kier molecular flexibility index (Phi) is 5.87. The molecule has 0 aromatic heterocycles. The fourth-order valence-corrected chi connectivity index (χ4v) is 3.59. The molecule has 0 amide bonds. The number of aromatic hydroxyl groups is 2. The lowest BCUT2D eigenvalue weighted by Gasteiger charge is -2.17. The van der Waals surface area contributed by atoms with Crippen LogP contribution in [0.2, 0.25) is 0 Å². The fourth-order valence-electron chi connectivity index (χ4n) is 3.59. The van der Waals surface area contributed by atoms with Crippen molar-refractivity contribution in [2.45, 2.75) is 32.3 Å². The molecule has 3 rings (SSSR count). The van der Waals surface area contributed by atoms with Gasteiger partial charge in [-0.1, -0.05) is 37.3 Å². The van der Waals surface area contributed by atoms with E-state index >= 15 is 0 Å². The number of benzene rings is 3. The minimum absolute atomic E-state index is 0.0400. The largest absolute Gasteiger partial charge is 0.508 e. The zero-order valence-corrected chi connectivity index (χ0v) is 15.7. The molecule has 3 aromatic carbocycles. The molecule has 0 bridgehead atoms. The average molecular weight is 366 g/mol. The normalized spacial score (nSPS) is 13.4. The first kappa shape index (κ1) is 19.1. The summed E-state index contributed by atoms with van der Waals surface area (Å²) < 4.78 is 5.46. The van der Waals surface area contributed by atoms with Crippen molar-refractivity contribution in [1.29, 1.82) is 0 Å². The summed E-state index contributed by atoms with van der Waals surface area (Å²) in [4.78, 5) is 0. The van der Waals surface area contributed by atoms with E-state index in [-0.39, 0.29) is 11.5 Å². The smallest absolute Gasteiger partial charge is 0.126 e. The third-order valence-electron chi connectivity index (χ3n) is 5.01. The number of fused-ring (bicyclic) bond motifs is 1. The lowest BCUT2D eigenvalue weighted by Crippen LogP contribution is -2.05. The number of ether oxygens (including phenoxy) is 1. The Balaban J connectivity index is 1.67. The van der Waals surface area contributed by atoms with Crippen molar-refractivity contribution in [2.75, 3.05) is 7.11 Å². The van der Waals surface area contributed by atoms with Gasteiger partial charge in [0, 0.05) is 11.5 Å². The first-order valence-electron chi connectivity index (χ1n) is 9.23. The first-order valence-corrected chi connectivity index (χ1v) is 9.23. The molecule has 0 heterocycles. The van der Waals surface area contributed by atoms with Crippen molar-refractivity contribution < 1.29 is 20.1 Å². The molecule has 0 fully saturated rings. The number of phenolic OH excluding ortho intramolecular Hbond substituents is 2. The molecule has 0 unspecified atom stereocenters. The summed E-state index contributed by atoms with van der Waals surface area (Å²) in [6.07, 6.45) is 1.59. The molecule has 0 aliphatic heterocycles. The van der Waals surface area contributed by atoms with Crippen molar-refractivity contribution in [2.24, 2.45) is 5.92 Å². The molecule has 2 atom stereocenters. The van der Waals surface area contributed by atoms with Gasteiger partial charge in [-0.2, -0.15) is 0 Å². The highest BCUT2D eigenvalue weighted by atomic mass is 16.5. The maximum Gasteiger partial charge on any atom is 0.126 e. The predicted molar refractivity (Wildman–Crippen MR) is 107 cm³/mol. The molecule has 0 aliphatic rings. The number of aliphatic hydroxyl groups is 1. The second-order valence-corrected chi connectivity index (χ2v) is 7.16. The summed E-state index contributed by atoms with van der Waals surface area (Å²) in [5, 5.41) is 31.8. The van der Waals surface area contributed by atoms with E-state index in [4.69, 9.17) is 4.74 Å². The molecule has 27 heavy (non-hydrogen) atoms. The van der Waals surface area contributed by atoms with Gasteiger partial charge in [0.05, 0.1) is 13.2 Å². The van der Waals surface area contributed by atoms with E-state index in [1.54, 1.807) is 7.11 Å². The second kappa shape index (κ2) is 8.31. The summed E-state index contributed by atoms with van der Waals surface area (Å²) in [6, 6.07) is 16.6. The first-order chi connectivity index (χ1) is 13.0. The summed E-state index contributed by atoms with van der Waals surface area (Å²) in [6.45, 7) is 2.17. The molecule has 0 spiro atoms. The highest BCUT2D eigenvalue weighted by Crippen LogP contribution is 2.32. The summed E-state index contributed by atoms with van der Waals surface area (Å²) >= 11 is 0. The van der Waals surface area contributed by atoms with Gasteiger partial charge in [0.1, 0.15) is 17.2 Å². The SMILES string of the molecule is COc1ccc(C[C@H](C)CC[C@H](O)c2cc(O)cc(O)c2)c2ccccc12. The average Bonchev–Trinajstić information content (AvgIpc) is 2.65. The third kappa shape index (κ3) is 4.52. The predicted octanol–water partition coefficient (Wildman–Crippen LogP) is 4.95. The van der Waals surface area contributed by atoms with Crippen molar-refractivity contribution in [3.05, 3.63) is 65.7 Å². The Hall–Kier alpha value is -2.72. The van der Waals surface area contributed by atoms with Gasteiger partial charge in [0.2, 0.25) is 0 Å². The number of rotatable bonds is 7. The van der Waals surface area contributed by atoms with Gasteiger partial charge < -0.3 is 20.1 Å². The molecule has 0 aliphatic carbocycles. The van der Waals surface area contributed by atoms with E-state index in [2.05, 4.69) is 25.1 Å². The molecule has 4 heteroatoms. The number of hydrogen-bond donors (Lipinski definition) is 3. The summed E-state index contributed by atoms with van der Waals surface area (Å²) in [7, 11) is 1.69. The number of methoxy groups -OCH3 is 1. The van der Waals surface area contributed by atoms with Crippen LogP contribution in [0.4, 0.5) is 0 Å². The quantitative estimate of drug-likeness (QED) is 0.553. The number of phenols is 2. The maximum atomic E-state index is 10.4. The van der Waals surface area contributed by atoms with Gasteiger partial charge in [-0.05, 0) is 59.9 Å². The van der Waals surface area contributed by atoms with Crippen LogP contribution in [0.1, 0.15) is 37.0 Å². The molecule has 4 nitrogen and oxygen atoms in total. The van der Waals surface area contributed by atoms with Crippen LogP contribution >= 0.6 is 0 Å². The lowest BCUT2D eigenvalue weighted by molar-refractivity contribution is 0.157. The fraction of sp³-hybridized carbons (Fsp3) is 0.304. The minimum atomic E-state index is -0.710. The van der Waals surface area contributed by atoms with Crippen LogP contribution in [0.5, 0.6) is 17.2 Å². The molecule has 3 N–H and O–H groups in total. The van der Waals surface area contributed by atoms with Gasteiger partial charge in [0.25, 0.3) is 0 Å². The van der Waals surface area contributed by atoms with E-state index < -0.39 is 6.10 Å². The second-order valence-electron chi connectivity index (χ2n) is 7.16. The van der Waals surface area contributed by atoms with Crippen LogP contribution < -0.4 is 4.74 Å². The van der Waals surface area contributed by atoms with Gasteiger partial charge in [-0.15, -0.1) is 0 Å². The zero-order valence-electron chi connectivity index (χ0n) is 15.7. The van der Waals surface area contributed by atoms with Crippen molar-refractivity contribution in [3.8, 4) is 17.2 Å². The zero-order chi connectivity index (χ0) is 19.4. The number of hydrogen-bond acceptors (Lipinski definition) is 4. The Morgan fingerprint density at radius 2 is 1.56 bits per heavy atom. The Labute approximate surface area is 159 Å². The highest BCUT2D eigenvalue weighted by Gasteiger charge is 2.14. The van der Waals surface area contributed by atoms with Crippen LogP contribution in [-0.2, 0) is 6.42 Å². The molecule has 0 saturated carbocycles. The molecule has 142 valence electrons. The standard InChI is InChI=1S/C23H26O4/c1-15(7-9-22(26)17-12-18(24)14-19(25)13-17)11-16-8-10-23(27-2)21-6-4-3-5-20(16)21/h3-6,8,10,12-15,22,24-26H,7,9,11H2,1-2H3/t15-,22+/m1/s1. The van der Waals surface area contributed by atoms with Gasteiger partial charge in [-0.3, -0.25) is 0 Å². The van der Waals surface area contributed by atoms with E-state index in [1.807, 2.05) is 18.2 Å². The van der Waals surface area contributed by atoms with E-state index in [1.165, 1.54) is 29.1 Å². The Morgan fingerprint density at radius 1 is 0.889 bits per heavy atom. The highest BCUT2D eigenvalue weighted by molar-refractivity contribution is 5.91.